The molecule has 1 heterocycles. The third kappa shape index (κ3) is 4.12. The first kappa shape index (κ1) is 16.1. The lowest BCUT2D eigenvalue weighted by atomic mass is 10.2. The van der Waals surface area contributed by atoms with Crippen molar-refractivity contribution in [2.45, 2.75) is 13.0 Å². The van der Waals surface area contributed by atoms with Crippen LogP contribution in [0, 0.1) is 10.1 Å². The van der Waals surface area contributed by atoms with Crippen molar-refractivity contribution in [2.24, 2.45) is 5.73 Å². The average Bonchev–Trinajstić information content (AvgIpc) is 3.02. The maximum atomic E-state index is 12.6. The fourth-order valence-corrected chi connectivity index (χ4v) is 2.82. The first-order valence-corrected chi connectivity index (χ1v) is 7.71. The third-order valence-corrected chi connectivity index (χ3v) is 4.14. The molecule has 0 atom stereocenters. The van der Waals surface area contributed by atoms with Crippen LogP contribution in [0.15, 0.2) is 42.5 Å². The van der Waals surface area contributed by atoms with Gasteiger partial charge in [0, 0.05) is 19.2 Å². The Morgan fingerprint density at radius 2 is 1.95 bits per heavy atom. The molecular weight excluding hydrogens is 302 g/mol. The van der Waals surface area contributed by atoms with Crippen molar-refractivity contribution in [1.82, 2.24) is 4.90 Å². The Balaban J connectivity index is 2.16. The zero-order valence-corrected chi connectivity index (χ0v) is 12.8. The molecule has 0 bridgehead atoms. The molecule has 2 aromatic rings. The molecule has 0 unspecified atom stereocenters. The summed E-state index contributed by atoms with van der Waals surface area (Å²) in [5, 5.41) is 10.7. The van der Waals surface area contributed by atoms with Crippen molar-refractivity contribution < 1.29 is 9.72 Å². The maximum Gasteiger partial charge on any atom is 0.324 e. The highest BCUT2D eigenvalue weighted by Gasteiger charge is 2.20. The van der Waals surface area contributed by atoms with Crippen molar-refractivity contribution in [1.29, 1.82) is 0 Å². The Hall–Kier alpha value is -2.25. The number of nitro groups is 1. The third-order valence-electron chi connectivity index (χ3n) is 3.12. The Morgan fingerprint density at radius 3 is 2.55 bits per heavy atom. The normalized spacial score (nSPS) is 10.4. The Kier molecular flexibility index (Phi) is 5.62. The Morgan fingerprint density at radius 1 is 1.23 bits per heavy atom. The summed E-state index contributed by atoms with van der Waals surface area (Å²) in [5.41, 5.74) is 6.54. The van der Waals surface area contributed by atoms with Gasteiger partial charge in [0.05, 0.1) is 9.80 Å². The minimum atomic E-state index is -0.483. The van der Waals surface area contributed by atoms with Gasteiger partial charge in [0.1, 0.15) is 0 Å². The summed E-state index contributed by atoms with van der Waals surface area (Å²) in [4.78, 5) is 24.9. The summed E-state index contributed by atoms with van der Waals surface area (Å²) in [6.45, 7) is 1.48. The van der Waals surface area contributed by atoms with Gasteiger partial charge in [-0.2, -0.15) is 0 Å². The molecule has 0 saturated heterocycles. The molecule has 0 fully saturated rings. The largest absolute Gasteiger partial charge is 0.334 e. The fourth-order valence-electron chi connectivity index (χ4n) is 2.03. The van der Waals surface area contributed by atoms with Crippen LogP contribution in [0.3, 0.4) is 0 Å². The van der Waals surface area contributed by atoms with Crippen molar-refractivity contribution in [2.75, 3.05) is 13.1 Å². The molecule has 0 spiro atoms. The molecule has 1 aromatic carbocycles. The second-order valence-electron chi connectivity index (χ2n) is 4.75. The van der Waals surface area contributed by atoms with Crippen molar-refractivity contribution in [3.8, 4) is 0 Å². The number of hydrogen-bond acceptors (Lipinski definition) is 5. The summed E-state index contributed by atoms with van der Waals surface area (Å²) >= 11 is 0.900. The van der Waals surface area contributed by atoms with E-state index in [2.05, 4.69) is 0 Å². The minimum absolute atomic E-state index is 0.0261. The summed E-state index contributed by atoms with van der Waals surface area (Å²) in [7, 11) is 0. The van der Waals surface area contributed by atoms with E-state index in [0.717, 1.165) is 16.9 Å². The molecule has 0 radical (unpaired) electrons. The molecule has 7 heteroatoms. The van der Waals surface area contributed by atoms with Gasteiger partial charge in [-0.1, -0.05) is 41.7 Å². The summed E-state index contributed by atoms with van der Waals surface area (Å²) in [6.07, 6.45) is 0.687. The molecule has 2 rings (SSSR count). The van der Waals surface area contributed by atoms with Crippen molar-refractivity contribution in [3.63, 3.8) is 0 Å². The molecule has 0 aliphatic carbocycles. The van der Waals surface area contributed by atoms with E-state index >= 15 is 0 Å². The van der Waals surface area contributed by atoms with Gasteiger partial charge in [-0.25, -0.2) is 0 Å². The number of carbonyl (C=O) groups is 1. The first-order chi connectivity index (χ1) is 10.6. The van der Waals surface area contributed by atoms with Gasteiger partial charge >= 0.3 is 5.00 Å². The van der Waals surface area contributed by atoms with E-state index in [-0.39, 0.29) is 10.9 Å². The lowest BCUT2D eigenvalue weighted by molar-refractivity contribution is -0.380. The van der Waals surface area contributed by atoms with Crippen LogP contribution in [-0.4, -0.2) is 28.8 Å². The van der Waals surface area contributed by atoms with Crippen LogP contribution in [0.25, 0.3) is 0 Å². The molecule has 1 aromatic heterocycles. The maximum absolute atomic E-state index is 12.6. The first-order valence-electron chi connectivity index (χ1n) is 6.89. The highest BCUT2D eigenvalue weighted by atomic mass is 32.1. The summed E-state index contributed by atoms with van der Waals surface area (Å²) in [6, 6.07) is 12.5. The predicted molar refractivity (Wildman–Crippen MR) is 85.8 cm³/mol. The van der Waals surface area contributed by atoms with Crippen LogP contribution in [-0.2, 0) is 6.54 Å². The van der Waals surface area contributed by atoms with Crippen LogP contribution in [0.5, 0.6) is 0 Å². The van der Waals surface area contributed by atoms with E-state index in [1.165, 1.54) is 12.1 Å². The van der Waals surface area contributed by atoms with Crippen molar-refractivity contribution in [3.05, 3.63) is 63.0 Å². The van der Waals surface area contributed by atoms with Gasteiger partial charge in [-0.3, -0.25) is 14.9 Å². The predicted octanol–water partition coefficient (Wildman–Crippen LogP) is 2.65. The number of nitrogens with zero attached hydrogens (tertiary/aromatic N) is 2. The quantitative estimate of drug-likeness (QED) is 0.627. The number of benzene rings is 1. The van der Waals surface area contributed by atoms with E-state index in [1.807, 2.05) is 30.3 Å². The molecule has 116 valence electrons. The van der Waals surface area contributed by atoms with Crippen LogP contribution < -0.4 is 5.73 Å². The molecule has 22 heavy (non-hydrogen) atoms. The SMILES string of the molecule is NCCCN(Cc1ccccc1)C(=O)c1ccc([N+](=O)[O-])s1. The van der Waals surface area contributed by atoms with Gasteiger partial charge in [0.15, 0.2) is 0 Å². The molecule has 0 aliphatic rings. The zero-order valence-electron chi connectivity index (χ0n) is 12.0. The topological polar surface area (TPSA) is 89.5 Å². The monoisotopic (exact) mass is 319 g/mol. The van der Waals surface area contributed by atoms with E-state index in [1.54, 1.807) is 4.90 Å². The highest BCUT2D eigenvalue weighted by Crippen LogP contribution is 2.25. The number of rotatable bonds is 7. The number of thiophene rings is 1. The minimum Gasteiger partial charge on any atom is -0.334 e. The van der Waals surface area contributed by atoms with E-state index in [4.69, 9.17) is 5.73 Å². The molecule has 0 aliphatic heterocycles. The number of amides is 1. The molecule has 0 saturated carbocycles. The van der Waals surface area contributed by atoms with Crippen LogP contribution in [0.4, 0.5) is 5.00 Å². The van der Waals surface area contributed by atoms with Gasteiger partial charge in [0.2, 0.25) is 0 Å². The van der Waals surface area contributed by atoms with Gasteiger partial charge in [-0.05, 0) is 24.6 Å². The van der Waals surface area contributed by atoms with E-state index in [0.29, 0.717) is 30.9 Å². The standard InChI is InChI=1S/C15H17N3O3S/c16-9-4-10-17(11-12-5-2-1-3-6-12)15(19)13-7-8-14(22-13)18(20)21/h1-3,5-8H,4,9-11,16H2. The second-order valence-corrected chi connectivity index (χ2v) is 5.81. The Labute approximate surface area is 132 Å². The lowest BCUT2D eigenvalue weighted by Gasteiger charge is -2.22. The number of nitrogens with two attached hydrogens (primary N) is 1. The fraction of sp³-hybridized carbons (Fsp3) is 0.267. The lowest BCUT2D eigenvalue weighted by Crippen LogP contribution is -2.32. The highest BCUT2D eigenvalue weighted by molar-refractivity contribution is 7.17. The number of hydrogen-bond donors (Lipinski definition) is 1. The summed E-state index contributed by atoms with van der Waals surface area (Å²) < 4.78 is 0. The molecule has 1 amide bonds. The van der Waals surface area contributed by atoms with Crippen LogP contribution in [0.1, 0.15) is 21.7 Å². The van der Waals surface area contributed by atoms with Crippen molar-refractivity contribution >= 4 is 22.2 Å². The molecular formula is C15H17N3O3S. The van der Waals surface area contributed by atoms with E-state index in [9.17, 15) is 14.9 Å². The zero-order chi connectivity index (χ0) is 15.9. The van der Waals surface area contributed by atoms with Crippen LogP contribution >= 0.6 is 11.3 Å². The van der Waals surface area contributed by atoms with Gasteiger partial charge in [0.25, 0.3) is 5.91 Å². The summed E-state index contributed by atoms with van der Waals surface area (Å²) in [5.74, 6) is -0.199. The molecule has 6 nitrogen and oxygen atoms in total. The smallest absolute Gasteiger partial charge is 0.324 e. The second kappa shape index (κ2) is 7.67. The average molecular weight is 319 g/mol. The van der Waals surface area contributed by atoms with Gasteiger partial charge in [-0.15, -0.1) is 0 Å². The van der Waals surface area contributed by atoms with Gasteiger partial charge < -0.3 is 10.6 Å². The van der Waals surface area contributed by atoms with E-state index < -0.39 is 4.92 Å². The number of carbonyl (C=O) groups excluding carboxylic acids is 1. The van der Waals surface area contributed by atoms with Crippen LogP contribution in [0.2, 0.25) is 0 Å². The molecule has 2 N–H and O–H groups in total. The Bertz CT molecular complexity index is 642.